The Morgan fingerprint density at radius 1 is 1.50 bits per heavy atom. The van der Waals surface area contributed by atoms with Crippen molar-refractivity contribution in [2.24, 2.45) is 5.41 Å². The molecule has 0 saturated carbocycles. The highest BCUT2D eigenvalue weighted by Gasteiger charge is 2.16. The first-order valence-corrected chi connectivity index (χ1v) is 5.77. The van der Waals surface area contributed by atoms with Crippen molar-refractivity contribution < 1.29 is 9.84 Å². The average molecular weight is 226 g/mol. The van der Waals surface area contributed by atoms with Crippen LogP contribution in [0.1, 0.15) is 33.0 Å². The smallest absolute Gasteiger partial charge is 0.134 e. The lowest BCUT2D eigenvalue weighted by Gasteiger charge is -2.21. The van der Waals surface area contributed by atoms with Gasteiger partial charge in [0.15, 0.2) is 0 Å². The van der Waals surface area contributed by atoms with E-state index in [-0.39, 0.29) is 12.0 Å². The van der Waals surface area contributed by atoms with E-state index in [1.807, 2.05) is 20.0 Å². The van der Waals surface area contributed by atoms with Gasteiger partial charge in [0.1, 0.15) is 12.4 Å². The van der Waals surface area contributed by atoms with Gasteiger partial charge in [-0.3, -0.25) is 0 Å². The Bertz CT molecular complexity index is 308. The molecule has 0 radical (unpaired) electrons. The molecule has 0 aromatic carbocycles. The maximum absolute atomic E-state index is 9.09. The number of rotatable bonds is 7. The summed E-state index contributed by atoms with van der Waals surface area (Å²) in [5, 5.41) is 9.09. The van der Waals surface area contributed by atoms with Crippen molar-refractivity contribution in [1.29, 1.82) is 0 Å². The van der Waals surface area contributed by atoms with E-state index in [0.717, 1.165) is 18.8 Å². The average Bonchev–Trinajstić information content (AvgIpc) is 2.66. The molecule has 16 heavy (non-hydrogen) atoms. The first kappa shape index (κ1) is 13.2. The Morgan fingerprint density at radius 3 is 2.88 bits per heavy atom. The van der Waals surface area contributed by atoms with Crippen LogP contribution < -0.4 is 0 Å². The molecule has 0 bridgehead atoms. The van der Waals surface area contributed by atoms with E-state index in [9.17, 15) is 0 Å². The van der Waals surface area contributed by atoms with E-state index in [2.05, 4.69) is 16.5 Å². The minimum absolute atomic E-state index is 0.135. The van der Waals surface area contributed by atoms with E-state index >= 15 is 0 Å². The molecule has 0 spiro atoms. The monoisotopic (exact) mass is 226 g/mol. The Balaban J connectivity index is 2.39. The zero-order valence-corrected chi connectivity index (χ0v) is 10.4. The van der Waals surface area contributed by atoms with Crippen molar-refractivity contribution >= 4 is 0 Å². The molecule has 4 heteroatoms. The lowest BCUT2D eigenvalue weighted by Crippen LogP contribution is -2.23. The number of nitrogens with zero attached hydrogens (tertiary/aromatic N) is 2. The second-order valence-corrected chi connectivity index (χ2v) is 4.85. The fraction of sp³-hybridized carbons (Fsp3) is 0.750. The van der Waals surface area contributed by atoms with Gasteiger partial charge in [0, 0.05) is 24.4 Å². The molecule has 0 amide bonds. The molecule has 0 atom stereocenters. The summed E-state index contributed by atoms with van der Waals surface area (Å²) in [4.78, 5) is 4.26. The van der Waals surface area contributed by atoms with Crippen LogP contribution in [-0.2, 0) is 17.9 Å². The molecule has 0 aliphatic heterocycles. The molecule has 4 nitrogen and oxygen atoms in total. The largest absolute Gasteiger partial charge is 0.396 e. The highest BCUT2D eigenvalue weighted by Crippen LogP contribution is 2.14. The van der Waals surface area contributed by atoms with Gasteiger partial charge in [-0.2, -0.15) is 0 Å². The van der Waals surface area contributed by atoms with Gasteiger partial charge in [-0.15, -0.1) is 0 Å². The van der Waals surface area contributed by atoms with Gasteiger partial charge in [-0.05, 0) is 6.42 Å². The fourth-order valence-electron chi connectivity index (χ4n) is 1.39. The maximum Gasteiger partial charge on any atom is 0.134 e. The van der Waals surface area contributed by atoms with Gasteiger partial charge < -0.3 is 14.4 Å². The summed E-state index contributed by atoms with van der Waals surface area (Å²) in [6, 6.07) is 0. The van der Waals surface area contributed by atoms with Crippen LogP contribution in [0.4, 0.5) is 0 Å². The number of imidazole rings is 1. The van der Waals surface area contributed by atoms with Crippen LogP contribution >= 0.6 is 0 Å². The van der Waals surface area contributed by atoms with Crippen LogP contribution in [0.5, 0.6) is 0 Å². The van der Waals surface area contributed by atoms with Crippen LogP contribution in [0.25, 0.3) is 0 Å². The highest BCUT2D eigenvalue weighted by atomic mass is 16.5. The third-order valence-corrected chi connectivity index (χ3v) is 2.42. The lowest BCUT2D eigenvalue weighted by atomic mass is 9.97. The minimum Gasteiger partial charge on any atom is -0.396 e. The standard InChI is InChI=1S/C12H22N2O2/c1-4-6-14-7-5-13-11(14)8-16-10-12(2,3)9-15/h5,7,15H,4,6,8-10H2,1-3H3. The SMILES string of the molecule is CCCn1ccnc1COCC(C)(C)CO. The van der Waals surface area contributed by atoms with Gasteiger partial charge in [0.25, 0.3) is 0 Å². The summed E-state index contributed by atoms with van der Waals surface area (Å²) < 4.78 is 7.68. The molecule has 1 heterocycles. The number of hydrogen-bond donors (Lipinski definition) is 1. The molecule has 0 aliphatic rings. The van der Waals surface area contributed by atoms with Crippen LogP contribution in [0.2, 0.25) is 0 Å². The van der Waals surface area contributed by atoms with Crippen LogP contribution in [-0.4, -0.2) is 27.9 Å². The van der Waals surface area contributed by atoms with Crippen molar-refractivity contribution in [1.82, 2.24) is 9.55 Å². The van der Waals surface area contributed by atoms with Crippen molar-refractivity contribution in [3.63, 3.8) is 0 Å². The summed E-state index contributed by atoms with van der Waals surface area (Å²) in [6.07, 6.45) is 4.86. The number of aliphatic hydroxyl groups excluding tert-OH is 1. The van der Waals surface area contributed by atoms with Gasteiger partial charge in [0.2, 0.25) is 0 Å². The second-order valence-electron chi connectivity index (χ2n) is 4.85. The number of ether oxygens (including phenoxy) is 1. The van der Waals surface area contributed by atoms with E-state index in [1.165, 1.54) is 0 Å². The molecular weight excluding hydrogens is 204 g/mol. The van der Waals surface area contributed by atoms with Gasteiger partial charge in [-0.25, -0.2) is 4.98 Å². The maximum atomic E-state index is 9.09. The topological polar surface area (TPSA) is 47.3 Å². The molecule has 0 fully saturated rings. The number of aryl methyl sites for hydroxylation is 1. The molecule has 92 valence electrons. The summed E-state index contributed by atoms with van der Waals surface area (Å²) in [5.74, 6) is 0.954. The van der Waals surface area contributed by atoms with Gasteiger partial charge >= 0.3 is 0 Å². The van der Waals surface area contributed by atoms with Crippen LogP contribution in [0.15, 0.2) is 12.4 Å². The summed E-state index contributed by atoms with van der Waals surface area (Å²) in [6.45, 7) is 8.26. The normalized spacial score (nSPS) is 12.0. The molecule has 0 saturated heterocycles. The van der Waals surface area contributed by atoms with Gasteiger partial charge in [0.05, 0.1) is 13.2 Å². The van der Waals surface area contributed by atoms with Crippen molar-refractivity contribution in [2.45, 2.75) is 40.3 Å². The summed E-state index contributed by atoms with van der Waals surface area (Å²) >= 11 is 0. The molecule has 0 aliphatic carbocycles. The fourth-order valence-corrected chi connectivity index (χ4v) is 1.39. The summed E-state index contributed by atoms with van der Waals surface area (Å²) in [5.41, 5.74) is -0.178. The van der Waals surface area contributed by atoms with Crippen LogP contribution in [0.3, 0.4) is 0 Å². The molecule has 1 aromatic rings. The van der Waals surface area contributed by atoms with Crippen molar-refractivity contribution in [3.05, 3.63) is 18.2 Å². The van der Waals surface area contributed by atoms with Crippen LogP contribution in [0, 0.1) is 5.41 Å². The van der Waals surface area contributed by atoms with Crippen molar-refractivity contribution in [2.75, 3.05) is 13.2 Å². The first-order valence-electron chi connectivity index (χ1n) is 5.77. The van der Waals surface area contributed by atoms with E-state index in [4.69, 9.17) is 9.84 Å². The molecule has 1 rings (SSSR count). The zero-order valence-electron chi connectivity index (χ0n) is 10.4. The predicted octanol–water partition coefficient (Wildman–Crippen LogP) is 1.83. The van der Waals surface area contributed by atoms with E-state index in [1.54, 1.807) is 6.20 Å². The highest BCUT2D eigenvalue weighted by molar-refractivity contribution is 4.90. The Kier molecular flexibility index (Phi) is 4.96. The number of hydrogen-bond acceptors (Lipinski definition) is 3. The zero-order chi connectivity index (χ0) is 12.0. The minimum atomic E-state index is -0.178. The predicted molar refractivity (Wildman–Crippen MR) is 63.0 cm³/mol. The van der Waals surface area contributed by atoms with Crippen molar-refractivity contribution in [3.8, 4) is 0 Å². The second kappa shape index (κ2) is 6.01. The lowest BCUT2D eigenvalue weighted by molar-refractivity contribution is 0.0163. The number of aliphatic hydroxyl groups is 1. The Morgan fingerprint density at radius 2 is 2.25 bits per heavy atom. The number of aromatic nitrogens is 2. The first-order chi connectivity index (χ1) is 7.59. The van der Waals surface area contributed by atoms with E-state index in [0.29, 0.717) is 13.2 Å². The third kappa shape index (κ3) is 3.94. The molecule has 1 aromatic heterocycles. The third-order valence-electron chi connectivity index (χ3n) is 2.42. The molecule has 1 N–H and O–H groups in total. The quantitative estimate of drug-likeness (QED) is 0.771. The summed E-state index contributed by atoms with van der Waals surface area (Å²) in [7, 11) is 0. The molecular formula is C12H22N2O2. The Hall–Kier alpha value is -0.870. The van der Waals surface area contributed by atoms with E-state index < -0.39 is 0 Å². The Labute approximate surface area is 97.3 Å². The molecule has 0 unspecified atom stereocenters. The van der Waals surface area contributed by atoms with Gasteiger partial charge in [-0.1, -0.05) is 20.8 Å².